The topological polar surface area (TPSA) is 62.7 Å². The monoisotopic (exact) mass is 446 g/mol. The lowest BCUT2D eigenvalue weighted by Gasteiger charge is -2.41. The Morgan fingerprint density at radius 2 is 1.48 bits per heavy atom. The van der Waals surface area contributed by atoms with Crippen molar-refractivity contribution in [1.82, 2.24) is 19.6 Å². The first-order valence-electron chi connectivity index (χ1n) is 11.5. The fourth-order valence-corrected chi connectivity index (χ4v) is 4.92. The third-order valence-electron chi connectivity index (χ3n) is 6.85. The van der Waals surface area contributed by atoms with E-state index in [1.54, 1.807) is 19.0 Å². The van der Waals surface area contributed by atoms with E-state index in [1.165, 1.54) is 10.6 Å². The second-order valence-corrected chi connectivity index (χ2v) is 8.91. The van der Waals surface area contributed by atoms with E-state index in [4.69, 9.17) is 4.99 Å². The highest BCUT2D eigenvalue weighted by atomic mass is 16.2. The van der Waals surface area contributed by atoms with Crippen LogP contribution in [-0.2, 0) is 11.3 Å². The van der Waals surface area contributed by atoms with Crippen LogP contribution in [0.25, 0.3) is 0 Å². The van der Waals surface area contributed by atoms with E-state index >= 15 is 0 Å². The molecule has 0 spiro atoms. The zero-order valence-corrected chi connectivity index (χ0v) is 19.2. The maximum Gasteiger partial charge on any atom is 0.328 e. The Morgan fingerprint density at radius 1 is 0.848 bits per heavy atom. The normalized spacial score (nSPS) is 23.8. The first-order chi connectivity index (χ1) is 16.0. The third kappa shape index (κ3) is 4.06. The summed E-state index contributed by atoms with van der Waals surface area (Å²) in [5, 5.41) is 0. The lowest BCUT2D eigenvalue weighted by molar-refractivity contribution is -0.136. The van der Waals surface area contributed by atoms with Crippen molar-refractivity contribution < 1.29 is 9.59 Å². The van der Waals surface area contributed by atoms with Gasteiger partial charge in [0.05, 0.1) is 6.54 Å². The van der Waals surface area contributed by atoms with Crippen LogP contribution in [0, 0.1) is 0 Å². The molecule has 3 amide bonds. The van der Waals surface area contributed by atoms with E-state index < -0.39 is 12.2 Å². The number of fused-ring (bicyclic) bond motifs is 1. The molecule has 3 heterocycles. The quantitative estimate of drug-likeness (QED) is 0.703. The fraction of sp³-hybridized carbons (Fsp3) is 0.400. The van der Waals surface area contributed by atoms with Gasteiger partial charge in [-0.05, 0) is 17.7 Å². The molecule has 0 bridgehead atoms. The minimum Gasteiger partial charge on any atom is -0.369 e. The molecule has 3 aliphatic heterocycles. The maximum atomic E-state index is 13.1. The van der Waals surface area contributed by atoms with Crippen molar-refractivity contribution in [1.29, 1.82) is 0 Å². The molecule has 5 rings (SSSR count). The predicted molar refractivity (Wildman–Crippen MR) is 128 cm³/mol. The highest BCUT2D eigenvalue weighted by molar-refractivity contribution is 6.04. The largest absolute Gasteiger partial charge is 0.369 e. The summed E-state index contributed by atoms with van der Waals surface area (Å²) in [6, 6.07) is 19.8. The Bertz CT molecular complexity index is 1040. The van der Waals surface area contributed by atoms with Gasteiger partial charge in [0, 0.05) is 52.5 Å². The Kier molecular flexibility index (Phi) is 5.76. The van der Waals surface area contributed by atoms with E-state index in [2.05, 4.69) is 51.1 Å². The van der Waals surface area contributed by atoms with Gasteiger partial charge in [0.15, 0.2) is 12.2 Å². The molecule has 8 nitrogen and oxygen atoms in total. The number of carbonyl (C=O) groups is 2. The number of benzene rings is 2. The number of hydrogen-bond donors (Lipinski definition) is 0. The summed E-state index contributed by atoms with van der Waals surface area (Å²) in [7, 11) is 3.29. The number of rotatable bonds is 5. The van der Waals surface area contributed by atoms with Crippen LogP contribution in [-0.4, -0.2) is 96.4 Å². The summed E-state index contributed by atoms with van der Waals surface area (Å²) in [5.41, 5.74) is 2.37. The van der Waals surface area contributed by atoms with E-state index in [0.29, 0.717) is 13.1 Å². The number of likely N-dealkylation sites (N-methyl/N-ethyl adjacent to an activating group) is 2. The van der Waals surface area contributed by atoms with Gasteiger partial charge < -0.3 is 14.7 Å². The van der Waals surface area contributed by atoms with Gasteiger partial charge in [-0.25, -0.2) is 9.79 Å². The number of anilines is 1. The number of urea groups is 1. The van der Waals surface area contributed by atoms with Crippen molar-refractivity contribution in [2.45, 2.75) is 18.8 Å². The van der Waals surface area contributed by atoms with Crippen molar-refractivity contribution in [2.75, 3.05) is 51.7 Å². The molecule has 33 heavy (non-hydrogen) atoms. The Morgan fingerprint density at radius 3 is 2.15 bits per heavy atom. The van der Waals surface area contributed by atoms with E-state index in [0.717, 1.165) is 37.6 Å². The number of amides is 3. The van der Waals surface area contributed by atoms with Crippen LogP contribution >= 0.6 is 0 Å². The molecule has 2 fully saturated rings. The average Bonchev–Trinajstić information content (AvgIpc) is 3.21. The maximum absolute atomic E-state index is 13.1. The Balaban J connectivity index is 1.34. The zero-order chi connectivity index (χ0) is 22.9. The standard InChI is InChI=1S/C25H30N6O2/c1-27-23-22(24(32)28(2)25(27)33)31(17-19-9-5-3-6-10-19)21(26-23)18-29-13-15-30(16-14-29)20-11-7-4-8-12-20/h3-12,22-23H,13-18H2,1-2H3. The summed E-state index contributed by atoms with van der Waals surface area (Å²) in [6.07, 6.45) is -0.481. The number of imide groups is 1. The van der Waals surface area contributed by atoms with Crippen LogP contribution in [0.1, 0.15) is 5.56 Å². The predicted octanol–water partition coefficient (Wildman–Crippen LogP) is 1.94. The molecule has 0 N–H and O–H groups in total. The van der Waals surface area contributed by atoms with Crippen molar-refractivity contribution in [3.05, 3.63) is 66.2 Å². The van der Waals surface area contributed by atoms with Crippen molar-refractivity contribution in [2.24, 2.45) is 4.99 Å². The summed E-state index contributed by atoms with van der Waals surface area (Å²) in [4.78, 5) is 40.3. The van der Waals surface area contributed by atoms with Crippen LogP contribution < -0.4 is 4.90 Å². The molecular formula is C25H30N6O2. The second-order valence-electron chi connectivity index (χ2n) is 8.91. The molecule has 0 aromatic heterocycles. The first-order valence-corrected chi connectivity index (χ1v) is 11.5. The molecule has 2 aromatic carbocycles. The van der Waals surface area contributed by atoms with Crippen molar-refractivity contribution in [3.8, 4) is 0 Å². The number of amidine groups is 1. The van der Waals surface area contributed by atoms with Crippen LogP contribution in [0.3, 0.4) is 0 Å². The molecule has 3 aliphatic rings. The Labute approximate surface area is 194 Å². The first kappa shape index (κ1) is 21.5. The number of para-hydroxylation sites is 1. The number of aliphatic imine (C=N–C) groups is 1. The second kappa shape index (κ2) is 8.86. The molecule has 172 valence electrons. The van der Waals surface area contributed by atoms with E-state index in [9.17, 15) is 9.59 Å². The van der Waals surface area contributed by atoms with Crippen LogP contribution in [0.2, 0.25) is 0 Å². The van der Waals surface area contributed by atoms with Gasteiger partial charge in [0.2, 0.25) is 0 Å². The van der Waals surface area contributed by atoms with Crippen LogP contribution in [0.4, 0.5) is 10.5 Å². The zero-order valence-electron chi connectivity index (χ0n) is 19.2. The van der Waals surface area contributed by atoms with E-state index in [-0.39, 0.29) is 11.9 Å². The molecule has 0 aliphatic carbocycles. The van der Waals surface area contributed by atoms with E-state index in [1.807, 2.05) is 24.3 Å². The number of piperazine rings is 1. The van der Waals surface area contributed by atoms with Crippen LogP contribution in [0.15, 0.2) is 65.7 Å². The van der Waals surface area contributed by atoms with Crippen molar-refractivity contribution in [3.63, 3.8) is 0 Å². The molecular weight excluding hydrogens is 416 g/mol. The minimum atomic E-state index is -0.487. The van der Waals surface area contributed by atoms with Gasteiger partial charge in [0.25, 0.3) is 5.91 Å². The van der Waals surface area contributed by atoms with Crippen LogP contribution in [0.5, 0.6) is 0 Å². The molecule has 2 aromatic rings. The van der Waals surface area contributed by atoms with Gasteiger partial charge in [-0.3, -0.25) is 14.6 Å². The number of hydrogen-bond acceptors (Lipinski definition) is 6. The molecule has 8 heteroatoms. The number of nitrogens with zero attached hydrogens (tertiary/aromatic N) is 6. The average molecular weight is 447 g/mol. The molecule has 0 radical (unpaired) electrons. The summed E-state index contributed by atoms with van der Waals surface area (Å²) in [5.74, 6) is 0.692. The SMILES string of the molecule is CN1C(=O)C2C(N=C(CN3CCN(c4ccccc4)CC3)N2Cc2ccccc2)N(C)C1=O. The van der Waals surface area contributed by atoms with Gasteiger partial charge in [-0.15, -0.1) is 0 Å². The summed E-state index contributed by atoms with van der Waals surface area (Å²) < 4.78 is 0. The fourth-order valence-electron chi connectivity index (χ4n) is 4.92. The number of carbonyl (C=O) groups excluding carboxylic acids is 2. The smallest absolute Gasteiger partial charge is 0.328 e. The Hall–Kier alpha value is -3.39. The van der Waals surface area contributed by atoms with Gasteiger partial charge >= 0.3 is 6.03 Å². The highest BCUT2D eigenvalue weighted by Crippen LogP contribution is 2.29. The molecule has 2 saturated heterocycles. The minimum absolute atomic E-state index is 0.188. The van der Waals surface area contributed by atoms with Crippen molar-refractivity contribution >= 4 is 23.5 Å². The molecule has 0 saturated carbocycles. The third-order valence-corrected chi connectivity index (χ3v) is 6.85. The highest BCUT2D eigenvalue weighted by Gasteiger charge is 2.51. The lowest BCUT2D eigenvalue weighted by atomic mass is 10.1. The molecule has 2 atom stereocenters. The van der Waals surface area contributed by atoms with Gasteiger partial charge in [0.1, 0.15) is 5.84 Å². The summed E-state index contributed by atoms with van der Waals surface area (Å²) >= 11 is 0. The van der Waals surface area contributed by atoms with Gasteiger partial charge in [-0.2, -0.15) is 0 Å². The molecule has 2 unspecified atom stereocenters. The lowest BCUT2D eigenvalue weighted by Crippen LogP contribution is -2.64. The van der Waals surface area contributed by atoms with Gasteiger partial charge in [-0.1, -0.05) is 48.5 Å². The summed E-state index contributed by atoms with van der Waals surface area (Å²) in [6.45, 7) is 5.00.